The maximum Gasteiger partial charge on any atom is 0.161 e. The number of aliphatic hydroxyl groups excluding tert-OH is 1. The molecule has 1 saturated carbocycles. The molecule has 2 heterocycles. The van der Waals surface area contributed by atoms with Gasteiger partial charge in [-0.2, -0.15) is 5.06 Å². The molecule has 3 aliphatic rings. The molecule has 28 heavy (non-hydrogen) atoms. The van der Waals surface area contributed by atoms with E-state index in [4.69, 9.17) is 14.3 Å². The highest BCUT2D eigenvalue weighted by Crippen LogP contribution is 2.37. The Kier molecular flexibility index (Phi) is 6.73. The largest absolute Gasteiger partial charge is 0.493 e. The highest BCUT2D eigenvalue weighted by Gasteiger charge is 2.36. The molecule has 3 fully saturated rings. The summed E-state index contributed by atoms with van der Waals surface area (Å²) in [5.74, 6) is 3.09. The molecule has 1 aromatic carbocycles. The van der Waals surface area contributed by atoms with Gasteiger partial charge >= 0.3 is 0 Å². The van der Waals surface area contributed by atoms with Crippen LogP contribution in [-0.2, 0) is 11.4 Å². The minimum absolute atomic E-state index is 0.284. The summed E-state index contributed by atoms with van der Waals surface area (Å²) in [6.45, 7) is 5.73. The number of fused-ring (bicyclic) bond motifs is 1. The second-order valence-corrected chi connectivity index (χ2v) is 8.52. The zero-order valence-corrected chi connectivity index (χ0v) is 17.0. The van der Waals surface area contributed by atoms with Crippen molar-refractivity contribution in [2.45, 2.75) is 44.8 Å². The van der Waals surface area contributed by atoms with Crippen LogP contribution in [0.3, 0.4) is 0 Å². The van der Waals surface area contributed by atoms with Crippen LogP contribution in [0.1, 0.15) is 37.7 Å². The van der Waals surface area contributed by atoms with E-state index >= 15 is 0 Å². The van der Waals surface area contributed by atoms with Crippen LogP contribution in [0.4, 0.5) is 0 Å². The number of rotatable bonds is 8. The van der Waals surface area contributed by atoms with Gasteiger partial charge in [0.15, 0.2) is 11.5 Å². The van der Waals surface area contributed by atoms with Crippen molar-refractivity contribution in [1.29, 1.82) is 0 Å². The molecule has 3 atom stereocenters. The fraction of sp³-hybridized carbons (Fsp3) is 0.727. The number of benzene rings is 1. The van der Waals surface area contributed by atoms with Crippen LogP contribution in [0.5, 0.6) is 11.5 Å². The van der Waals surface area contributed by atoms with Gasteiger partial charge in [0.25, 0.3) is 0 Å². The van der Waals surface area contributed by atoms with Gasteiger partial charge in [-0.25, -0.2) is 0 Å². The summed E-state index contributed by atoms with van der Waals surface area (Å²) in [6, 6.07) is 5.98. The van der Waals surface area contributed by atoms with E-state index < -0.39 is 6.10 Å². The van der Waals surface area contributed by atoms with Crippen molar-refractivity contribution < 1.29 is 19.4 Å². The quantitative estimate of drug-likeness (QED) is 0.737. The number of methoxy groups -OCH3 is 1. The van der Waals surface area contributed by atoms with Crippen LogP contribution < -0.4 is 9.47 Å². The number of β-amino-alcohol motifs (C(OH)–C–C–N with tert-alkyl or cyclic N) is 1. The zero-order valence-electron chi connectivity index (χ0n) is 17.0. The molecule has 1 N–H and O–H groups in total. The molecule has 156 valence electrons. The molecular weight excluding hydrogens is 356 g/mol. The van der Waals surface area contributed by atoms with E-state index in [-0.39, 0.29) is 6.61 Å². The summed E-state index contributed by atoms with van der Waals surface area (Å²) in [6.07, 6.45) is 5.91. The Morgan fingerprint density at radius 3 is 2.68 bits per heavy atom. The lowest BCUT2D eigenvalue weighted by Crippen LogP contribution is -2.34. The number of ether oxygens (including phenoxy) is 2. The number of likely N-dealkylation sites (tertiary alicyclic amines) is 1. The van der Waals surface area contributed by atoms with Gasteiger partial charge in [-0.1, -0.05) is 12.5 Å². The molecule has 4 rings (SSSR count). The van der Waals surface area contributed by atoms with Crippen molar-refractivity contribution in [1.82, 2.24) is 9.96 Å². The second-order valence-electron chi connectivity index (χ2n) is 8.52. The fourth-order valence-electron chi connectivity index (χ4n) is 4.93. The van der Waals surface area contributed by atoms with Crippen LogP contribution in [0.25, 0.3) is 0 Å². The van der Waals surface area contributed by atoms with E-state index in [1.807, 2.05) is 23.3 Å². The van der Waals surface area contributed by atoms with E-state index in [9.17, 15) is 5.11 Å². The maximum atomic E-state index is 10.5. The molecule has 1 aromatic rings. The Balaban J connectivity index is 1.29. The Labute approximate surface area is 168 Å². The van der Waals surface area contributed by atoms with E-state index in [1.165, 1.54) is 25.7 Å². The summed E-state index contributed by atoms with van der Waals surface area (Å²) in [7, 11) is 1.65. The standard InChI is InChI=1S/C22H34N2O4/c1-26-21-8-7-17(12-24-9-2-3-10-28-24)11-22(21)27-16-20(25)15-23-13-18-5-4-6-19(18)14-23/h7-8,11,18-20,25H,2-6,9-10,12-16H2,1H3/t18-,19+,20?. The van der Waals surface area contributed by atoms with Crippen LogP contribution in [0.2, 0.25) is 0 Å². The summed E-state index contributed by atoms with van der Waals surface area (Å²) < 4.78 is 11.4. The Morgan fingerprint density at radius 1 is 1.14 bits per heavy atom. The highest BCUT2D eigenvalue weighted by molar-refractivity contribution is 5.43. The van der Waals surface area contributed by atoms with Crippen molar-refractivity contribution in [2.75, 3.05) is 46.5 Å². The van der Waals surface area contributed by atoms with E-state index in [0.717, 1.165) is 56.6 Å². The molecule has 1 aliphatic carbocycles. The average molecular weight is 391 g/mol. The van der Waals surface area contributed by atoms with Crippen molar-refractivity contribution in [3.05, 3.63) is 23.8 Å². The SMILES string of the molecule is COc1ccc(CN2CCCCO2)cc1OCC(O)CN1C[C@H]2CCC[C@H]2C1. The molecule has 0 radical (unpaired) electrons. The predicted octanol–water partition coefficient (Wildman–Crippen LogP) is 2.69. The van der Waals surface area contributed by atoms with Gasteiger partial charge in [-0.15, -0.1) is 0 Å². The lowest BCUT2D eigenvalue weighted by atomic mass is 10.0. The highest BCUT2D eigenvalue weighted by atomic mass is 16.7. The lowest BCUT2D eigenvalue weighted by molar-refractivity contribution is -0.187. The molecule has 0 bridgehead atoms. The smallest absolute Gasteiger partial charge is 0.161 e. The zero-order chi connectivity index (χ0) is 19.3. The van der Waals surface area contributed by atoms with E-state index in [1.54, 1.807) is 7.11 Å². The van der Waals surface area contributed by atoms with E-state index in [0.29, 0.717) is 18.0 Å². The molecule has 1 unspecified atom stereocenters. The molecule has 6 heteroatoms. The Hall–Kier alpha value is -1.34. The molecule has 0 amide bonds. The number of hydroxylamine groups is 2. The molecule has 6 nitrogen and oxygen atoms in total. The summed E-state index contributed by atoms with van der Waals surface area (Å²) in [4.78, 5) is 8.10. The van der Waals surface area contributed by atoms with Gasteiger partial charge in [0, 0.05) is 32.7 Å². The van der Waals surface area contributed by atoms with Gasteiger partial charge in [-0.3, -0.25) is 4.84 Å². The second kappa shape index (κ2) is 9.44. The first-order valence-electron chi connectivity index (χ1n) is 10.8. The maximum absolute atomic E-state index is 10.5. The third kappa shape index (κ3) is 4.98. The van der Waals surface area contributed by atoms with Crippen LogP contribution in [0, 0.1) is 11.8 Å². The first-order valence-corrected chi connectivity index (χ1v) is 10.8. The van der Waals surface area contributed by atoms with Gasteiger partial charge in [0.1, 0.15) is 12.7 Å². The van der Waals surface area contributed by atoms with Gasteiger partial charge < -0.3 is 19.5 Å². The first-order chi connectivity index (χ1) is 13.7. The lowest BCUT2D eigenvalue weighted by Gasteiger charge is -2.26. The average Bonchev–Trinajstić information content (AvgIpc) is 3.29. The topological polar surface area (TPSA) is 54.4 Å². The third-order valence-corrected chi connectivity index (χ3v) is 6.36. The number of aliphatic hydroxyl groups is 1. The molecule has 0 spiro atoms. The number of hydrogen-bond donors (Lipinski definition) is 1. The summed E-state index contributed by atoms with van der Waals surface area (Å²) >= 11 is 0. The van der Waals surface area contributed by atoms with Crippen LogP contribution >= 0.6 is 0 Å². The van der Waals surface area contributed by atoms with Crippen LogP contribution in [0.15, 0.2) is 18.2 Å². The van der Waals surface area contributed by atoms with Gasteiger partial charge in [-0.05, 0) is 55.2 Å². The molecule has 2 saturated heterocycles. The summed E-state index contributed by atoms with van der Waals surface area (Å²) in [5.41, 5.74) is 1.12. The van der Waals surface area contributed by atoms with Gasteiger partial charge in [0.2, 0.25) is 0 Å². The molecular formula is C22H34N2O4. The Morgan fingerprint density at radius 2 is 1.96 bits per heavy atom. The summed E-state index contributed by atoms with van der Waals surface area (Å²) in [5, 5.41) is 12.5. The minimum atomic E-state index is -0.488. The van der Waals surface area contributed by atoms with E-state index in [2.05, 4.69) is 4.90 Å². The number of nitrogens with zero attached hydrogens (tertiary/aromatic N) is 2. The molecule has 2 aliphatic heterocycles. The Bertz CT molecular complexity index is 623. The monoisotopic (exact) mass is 390 g/mol. The molecule has 0 aromatic heterocycles. The predicted molar refractivity (Wildman–Crippen MR) is 107 cm³/mol. The fourth-order valence-corrected chi connectivity index (χ4v) is 4.93. The van der Waals surface area contributed by atoms with Gasteiger partial charge in [0.05, 0.1) is 13.7 Å². The third-order valence-electron chi connectivity index (χ3n) is 6.36. The van der Waals surface area contributed by atoms with Crippen molar-refractivity contribution in [3.63, 3.8) is 0 Å². The van der Waals surface area contributed by atoms with Crippen LogP contribution in [-0.4, -0.2) is 67.7 Å². The van der Waals surface area contributed by atoms with Crippen molar-refractivity contribution in [2.24, 2.45) is 11.8 Å². The first kappa shape index (κ1) is 20.0. The number of hydrogen-bond acceptors (Lipinski definition) is 6. The van der Waals surface area contributed by atoms with Crippen molar-refractivity contribution >= 4 is 0 Å². The van der Waals surface area contributed by atoms with Crippen molar-refractivity contribution in [3.8, 4) is 11.5 Å². The normalized spacial score (nSPS) is 26.9. The minimum Gasteiger partial charge on any atom is -0.493 e.